The fourth-order valence-electron chi connectivity index (χ4n) is 2.15. The Morgan fingerprint density at radius 1 is 1.16 bits per heavy atom. The van der Waals surface area contributed by atoms with E-state index in [-0.39, 0.29) is 0 Å². The Labute approximate surface area is 123 Å². The van der Waals surface area contributed by atoms with Crippen molar-refractivity contribution >= 4 is 17.6 Å². The molecule has 1 aliphatic heterocycles. The maximum absolute atomic E-state index is 3.65. The molecule has 0 fully saturated rings. The van der Waals surface area contributed by atoms with Gasteiger partial charge < -0.3 is 5.32 Å². The van der Waals surface area contributed by atoms with Gasteiger partial charge in [-0.15, -0.1) is 0 Å². The van der Waals surface area contributed by atoms with Crippen LogP contribution in [0.5, 0.6) is 0 Å². The molecular formula is C16H28N2S. The Balaban J connectivity index is 0.000000861. The highest BCUT2D eigenvalue weighted by Gasteiger charge is 2.26. The molecule has 19 heavy (non-hydrogen) atoms. The molecule has 1 unspecified atom stereocenters. The van der Waals surface area contributed by atoms with Gasteiger partial charge in [-0.3, -0.25) is 0 Å². The van der Waals surface area contributed by atoms with Gasteiger partial charge >= 0.3 is 0 Å². The Morgan fingerprint density at radius 3 is 2.32 bits per heavy atom. The number of fused-ring (bicyclic) bond motifs is 1. The second-order valence-electron chi connectivity index (χ2n) is 5.38. The van der Waals surface area contributed by atoms with E-state index >= 15 is 0 Å². The molecule has 0 radical (unpaired) electrons. The summed E-state index contributed by atoms with van der Waals surface area (Å²) in [5.74, 6) is 1.19. The Morgan fingerprint density at radius 2 is 1.79 bits per heavy atom. The highest BCUT2D eigenvalue weighted by Crippen LogP contribution is 2.38. The van der Waals surface area contributed by atoms with Crippen LogP contribution in [0.3, 0.4) is 0 Å². The molecule has 2 rings (SSSR count). The third kappa shape index (κ3) is 3.90. The zero-order valence-corrected chi connectivity index (χ0v) is 14.1. The van der Waals surface area contributed by atoms with Gasteiger partial charge in [-0.1, -0.05) is 47.6 Å². The molecule has 1 aromatic rings. The van der Waals surface area contributed by atoms with Gasteiger partial charge in [-0.05, 0) is 48.5 Å². The van der Waals surface area contributed by atoms with Gasteiger partial charge in [-0.2, -0.15) is 0 Å². The van der Waals surface area contributed by atoms with Crippen LogP contribution < -0.4 is 5.32 Å². The SMILES string of the molecule is CC.CC(C)c1ccc2c(c1)NC(C(C)C)N(C)S2. The van der Waals surface area contributed by atoms with Gasteiger partial charge in [0.1, 0.15) is 0 Å². The summed E-state index contributed by atoms with van der Waals surface area (Å²) >= 11 is 1.84. The summed E-state index contributed by atoms with van der Waals surface area (Å²) in [4.78, 5) is 1.33. The number of anilines is 1. The van der Waals surface area contributed by atoms with Crippen LogP contribution in [0.4, 0.5) is 5.69 Å². The summed E-state index contributed by atoms with van der Waals surface area (Å²) in [5, 5.41) is 3.65. The van der Waals surface area contributed by atoms with E-state index in [1.165, 1.54) is 16.1 Å². The predicted molar refractivity (Wildman–Crippen MR) is 87.7 cm³/mol. The Kier molecular flexibility index (Phi) is 6.21. The fourth-order valence-corrected chi connectivity index (χ4v) is 3.21. The second kappa shape index (κ2) is 7.20. The third-order valence-electron chi connectivity index (χ3n) is 3.24. The molecule has 3 heteroatoms. The Hall–Kier alpha value is -0.670. The van der Waals surface area contributed by atoms with E-state index in [0.29, 0.717) is 18.0 Å². The molecule has 1 heterocycles. The standard InChI is InChI=1S/C14H22N2S.C2H6/c1-9(2)11-6-7-13-12(8-11)15-14(10(3)4)16(5)17-13;1-2/h6-10,14-15H,1-5H3;1-2H3. The molecular weight excluding hydrogens is 252 g/mol. The van der Waals surface area contributed by atoms with Crippen molar-refractivity contribution in [3.8, 4) is 0 Å². The van der Waals surface area contributed by atoms with Gasteiger partial charge in [0.25, 0.3) is 0 Å². The first-order chi connectivity index (χ1) is 8.99. The van der Waals surface area contributed by atoms with Crippen LogP contribution in [0.25, 0.3) is 0 Å². The summed E-state index contributed by atoms with van der Waals surface area (Å²) in [6.07, 6.45) is 0.412. The van der Waals surface area contributed by atoms with Crippen LogP contribution in [0.1, 0.15) is 53.0 Å². The van der Waals surface area contributed by atoms with Crippen LogP contribution in [-0.2, 0) is 0 Å². The number of hydrogen-bond acceptors (Lipinski definition) is 3. The second-order valence-corrected chi connectivity index (χ2v) is 6.58. The average Bonchev–Trinajstić information content (AvgIpc) is 2.39. The molecule has 0 aliphatic carbocycles. The van der Waals surface area contributed by atoms with E-state index in [1.54, 1.807) is 0 Å². The number of nitrogens with one attached hydrogen (secondary N) is 1. The number of benzene rings is 1. The molecule has 2 nitrogen and oxygen atoms in total. The van der Waals surface area contributed by atoms with E-state index in [2.05, 4.69) is 62.6 Å². The summed E-state index contributed by atoms with van der Waals surface area (Å²) in [5.41, 5.74) is 2.70. The molecule has 0 spiro atoms. The van der Waals surface area contributed by atoms with Crippen LogP contribution in [0, 0.1) is 5.92 Å². The van der Waals surface area contributed by atoms with E-state index in [4.69, 9.17) is 0 Å². The monoisotopic (exact) mass is 280 g/mol. The first kappa shape index (κ1) is 16.4. The van der Waals surface area contributed by atoms with Gasteiger partial charge in [-0.25, -0.2) is 4.31 Å². The van der Waals surface area contributed by atoms with Crippen molar-refractivity contribution in [2.45, 2.75) is 58.5 Å². The first-order valence-corrected chi connectivity index (χ1v) is 8.07. The minimum Gasteiger partial charge on any atom is -0.368 e. The van der Waals surface area contributed by atoms with Crippen LogP contribution in [0.15, 0.2) is 23.1 Å². The molecule has 1 aliphatic rings. The highest BCUT2D eigenvalue weighted by atomic mass is 32.2. The van der Waals surface area contributed by atoms with Crippen molar-refractivity contribution in [3.63, 3.8) is 0 Å². The summed E-state index contributed by atoms with van der Waals surface area (Å²) in [6.45, 7) is 13.0. The van der Waals surface area contributed by atoms with Gasteiger partial charge in [0.15, 0.2) is 0 Å². The lowest BCUT2D eigenvalue weighted by molar-refractivity contribution is 0.347. The lowest BCUT2D eigenvalue weighted by Crippen LogP contribution is -2.40. The molecule has 0 aromatic heterocycles. The van der Waals surface area contributed by atoms with Crippen molar-refractivity contribution in [1.29, 1.82) is 0 Å². The zero-order chi connectivity index (χ0) is 14.6. The van der Waals surface area contributed by atoms with Crippen molar-refractivity contribution in [1.82, 2.24) is 4.31 Å². The van der Waals surface area contributed by atoms with Crippen molar-refractivity contribution < 1.29 is 0 Å². The van der Waals surface area contributed by atoms with E-state index in [1.807, 2.05) is 25.8 Å². The minimum absolute atomic E-state index is 0.412. The van der Waals surface area contributed by atoms with Gasteiger partial charge in [0.2, 0.25) is 0 Å². The summed E-state index contributed by atoms with van der Waals surface area (Å²) < 4.78 is 2.31. The van der Waals surface area contributed by atoms with E-state index in [9.17, 15) is 0 Å². The number of hydrogen-bond donors (Lipinski definition) is 1. The van der Waals surface area contributed by atoms with Crippen LogP contribution in [-0.4, -0.2) is 17.5 Å². The smallest absolute Gasteiger partial charge is 0.0911 e. The highest BCUT2D eigenvalue weighted by molar-refractivity contribution is 7.97. The molecule has 0 saturated carbocycles. The Bertz CT molecular complexity index is 402. The molecule has 108 valence electrons. The number of rotatable bonds is 2. The van der Waals surface area contributed by atoms with E-state index in [0.717, 1.165) is 0 Å². The van der Waals surface area contributed by atoms with Gasteiger partial charge in [0, 0.05) is 4.90 Å². The van der Waals surface area contributed by atoms with E-state index < -0.39 is 0 Å². The predicted octanol–water partition coefficient (Wildman–Crippen LogP) is 5.18. The van der Waals surface area contributed by atoms with Gasteiger partial charge in [0.05, 0.1) is 11.9 Å². The molecule has 0 amide bonds. The van der Waals surface area contributed by atoms with Crippen molar-refractivity contribution in [3.05, 3.63) is 23.8 Å². The molecule has 0 saturated heterocycles. The average molecular weight is 280 g/mol. The maximum Gasteiger partial charge on any atom is 0.0911 e. The fraction of sp³-hybridized carbons (Fsp3) is 0.625. The third-order valence-corrected chi connectivity index (χ3v) is 4.31. The lowest BCUT2D eigenvalue weighted by Gasteiger charge is -2.37. The molecule has 1 aromatic carbocycles. The normalized spacial score (nSPS) is 18.7. The van der Waals surface area contributed by atoms with Crippen LogP contribution in [0.2, 0.25) is 0 Å². The lowest BCUT2D eigenvalue weighted by atomic mass is 10.0. The van der Waals surface area contributed by atoms with Crippen LogP contribution >= 0.6 is 11.9 Å². The molecule has 1 atom stereocenters. The maximum atomic E-state index is 3.65. The zero-order valence-electron chi connectivity index (χ0n) is 13.3. The largest absolute Gasteiger partial charge is 0.368 e. The van der Waals surface area contributed by atoms with Crippen molar-refractivity contribution in [2.75, 3.05) is 12.4 Å². The quantitative estimate of drug-likeness (QED) is 0.751. The first-order valence-electron chi connectivity index (χ1n) is 7.30. The number of nitrogens with zero attached hydrogens (tertiary/aromatic N) is 1. The van der Waals surface area contributed by atoms with Crippen molar-refractivity contribution in [2.24, 2.45) is 5.92 Å². The summed E-state index contributed by atoms with van der Waals surface area (Å²) in [6, 6.07) is 6.77. The minimum atomic E-state index is 0.412. The molecule has 1 N–H and O–H groups in total. The molecule has 0 bridgehead atoms. The topological polar surface area (TPSA) is 15.3 Å². The summed E-state index contributed by atoms with van der Waals surface area (Å²) in [7, 11) is 2.15.